The van der Waals surface area contributed by atoms with Crippen molar-refractivity contribution in [1.29, 1.82) is 0 Å². The maximum absolute atomic E-state index is 13.8. The number of aliphatic imine (C=N–C) groups is 1. The Bertz CT molecular complexity index is 824. The number of halogens is 1. The number of carbonyl (C=O) groups excluding carboxylic acids is 1. The highest BCUT2D eigenvalue weighted by Crippen LogP contribution is 2.16. The average molecular weight is 400 g/mol. The van der Waals surface area contributed by atoms with Gasteiger partial charge in [0.15, 0.2) is 5.96 Å². The molecule has 0 aliphatic carbocycles. The first-order valence-corrected chi connectivity index (χ1v) is 9.76. The molecule has 0 aliphatic rings. The Kier molecular flexibility index (Phi) is 8.95. The van der Waals surface area contributed by atoms with E-state index in [9.17, 15) is 9.18 Å². The molecule has 0 saturated carbocycles. The van der Waals surface area contributed by atoms with Gasteiger partial charge in [0.2, 0.25) is 0 Å². The van der Waals surface area contributed by atoms with Gasteiger partial charge >= 0.3 is 0 Å². The fourth-order valence-corrected chi connectivity index (χ4v) is 2.96. The topological polar surface area (TPSA) is 68.8 Å². The Morgan fingerprint density at radius 3 is 2.59 bits per heavy atom. The third-order valence-corrected chi connectivity index (χ3v) is 4.57. The molecule has 0 radical (unpaired) electrons. The lowest BCUT2D eigenvalue weighted by Gasteiger charge is -2.20. The molecule has 0 heterocycles. The van der Waals surface area contributed by atoms with Crippen LogP contribution in [0.25, 0.3) is 0 Å². The molecule has 2 aromatic carbocycles. The van der Waals surface area contributed by atoms with Gasteiger partial charge in [0.05, 0.1) is 5.69 Å². The molecule has 0 aliphatic heterocycles. The molecule has 29 heavy (non-hydrogen) atoms. The number of anilines is 1. The van der Waals surface area contributed by atoms with Crippen molar-refractivity contribution in [3.8, 4) is 0 Å². The largest absolute Gasteiger partial charge is 0.372 e. The van der Waals surface area contributed by atoms with Crippen LogP contribution in [0.4, 0.5) is 10.1 Å². The van der Waals surface area contributed by atoms with Gasteiger partial charge in [-0.2, -0.15) is 0 Å². The quantitative estimate of drug-likeness (QED) is 0.344. The van der Waals surface area contributed by atoms with Crippen LogP contribution in [0.3, 0.4) is 0 Å². The molecule has 6 nitrogen and oxygen atoms in total. The molecular formula is C22H30FN5O. The summed E-state index contributed by atoms with van der Waals surface area (Å²) in [6, 6.07) is 14.4. The molecule has 156 valence electrons. The molecule has 0 fully saturated rings. The Balaban J connectivity index is 1.70. The van der Waals surface area contributed by atoms with E-state index in [1.807, 2.05) is 36.2 Å². The molecule has 3 N–H and O–H groups in total. The Hall–Kier alpha value is -3.09. The van der Waals surface area contributed by atoms with Gasteiger partial charge in [-0.25, -0.2) is 4.39 Å². The van der Waals surface area contributed by atoms with E-state index < -0.39 is 0 Å². The van der Waals surface area contributed by atoms with Gasteiger partial charge in [0.25, 0.3) is 5.91 Å². The highest BCUT2D eigenvalue weighted by atomic mass is 19.1. The van der Waals surface area contributed by atoms with Crippen LogP contribution < -0.4 is 20.9 Å². The molecule has 0 spiro atoms. The van der Waals surface area contributed by atoms with Crippen LogP contribution in [0.2, 0.25) is 0 Å². The van der Waals surface area contributed by atoms with Crippen LogP contribution in [0.1, 0.15) is 22.3 Å². The molecule has 0 bridgehead atoms. The zero-order chi connectivity index (χ0) is 21.1. The molecule has 1 amide bonds. The maximum atomic E-state index is 13.8. The summed E-state index contributed by atoms with van der Waals surface area (Å²) in [5.74, 6) is 0.430. The number of rotatable bonds is 9. The van der Waals surface area contributed by atoms with Crippen LogP contribution in [0.15, 0.2) is 53.5 Å². The second-order valence-electron chi connectivity index (χ2n) is 6.68. The minimum Gasteiger partial charge on any atom is -0.372 e. The predicted molar refractivity (Wildman–Crippen MR) is 117 cm³/mol. The van der Waals surface area contributed by atoms with Gasteiger partial charge in [-0.3, -0.25) is 9.79 Å². The number of hydrogen-bond acceptors (Lipinski definition) is 3. The maximum Gasteiger partial charge on any atom is 0.251 e. The van der Waals surface area contributed by atoms with Gasteiger partial charge in [0, 0.05) is 46.3 Å². The fourth-order valence-electron chi connectivity index (χ4n) is 2.96. The summed E-state index contributed by atoms with van der Waals surface area (Å²) < 4.78 is 13.8. The van der Waals surface area contributed by atoms with E-state index in [0.29, 0.717) is 17.8 Å². The number of guanidine groups is 1. The summed E-state index contributed by atoms with van der Waals surface area (Å²) in [6.45, 7) is 2.16. The van der Waals surface area contributed by atoms with Crippen LogP contribution in [-0.4, -0.2) is 52.6 Å². The van der Waals surface area contributed by atoms with E-state index in [1.54, 1.807) is 32.3 Å². The zero-order valence-corrected chi connectivity index (χ0v) is 17.3. The van der Waals surface area contributed by atoms with Crippen molar-refractivity contribution in [2.75, 3.05) is 45.7 Å². The number of benzene rings is 2. The van der Waals surface area contributed by atoms with Crippen molar-refractivity contribution in [2.24, 2.45) is 4.99 Å². The van der Waals surface area contributed by atoms with E-state index >= 15 is 0 Å². The molecule has 7 heteroatoms. The summed E-state index contributed by atoms with van der Waals surface area (Å²) in [6.07, 6.45) is 1.63. The monoisotopic (exact) mass is 399 g/mol. The highest BCUT2D eigenvalue weighted by Gasteiger charge is 2.06. The molecule has 2 rings (SSSR count). The minimum absolute atomic E-state index is 0.0855. The average Bonchev–Trinajstić information content (AvgIpc) is 2.75. The third kappa shape index (κ3) is 7.10. The Labute approximate surface area is 172 Å². The molecule has 0 atom stereocenters. The van der Waals surface area contributed by atoms with Crippen LogP contribution in [0.5, 0.6) is 0 Å². The Morgan fingerprint density at radius 2 is 1.86 bits per heavy atom. The van der Waals surface area contributed by atoms with E-state index in [4.69, 9.17) is 0 Å². The van der Waals surface area contributed by atoms with Gasteiger partial charge in [-0.15, -0.1) is 0 Å². The van der Waals surface area contributed by atoms with Crippen LogP contribution in [0, 0.1) is 5.82 Å². The minimum atomic E-state index is -0.207. The number of nitrogens with one attached hydrogen (secondary N) is 3. The molecular weight excluding hydrogens is 369 g/mol. The van der Waals surface area contributed by atoms with Gasteiger partial charge in [-0.1, -0.05) is 24.3 Å². The Morgan fingerprint density at radius 1 is 1.10 bits per heavy atom. The second kappa shape index (κ2) is 11.7. The SMILES string of the molecule is CN=C(NCCCN(C)c1ccccc1F)NCCc1cccc(C(=O)NC)c1. The lowest BCUT2D eigenvalue weighted by molar-refractivity contribution is 0.0963. The van der Waals surface area contributed by atoms with E-state index in [1.165, 1.54) is 6.07 Å². The summed E-state index contributed by atoms with van der Waals surface area (Å²) in [4.78, 5) is 17.9. The standard InChI is InChI=1S/C22H30FN5O/c1-24-21(29)18-9-6-8-17(16-18)12-14-27-22(25-2)26-13-7-15-28(3)20-11-5-4-10-19(20)23/h4-6,8-11,16H,7,12-15H2,1-3H3,(H,24,29)(H2,25,26,27). The molecule has 0 aromatic heterocycles. The van der Waals surface area contributed by atoms with E-state index in [-0.39, 0.29) is 11.7 Å². The number of nitrogens with zero attached hydrogens (tertiary/aromatic N) is 2. The summed E-state index contributed by atoms with van der Waals surface area (Å²) in [5, 5.41) is 9.18. The van der Waals surface area contributed by atoms with Crippen molar-refractivity contribution in [2.45, 2.75) is 12.8 Å². The summed E-state index contributed by atoms with van der Waals surface area (Å²) in [5.41, 5.74) is 2.35. The van der Waals surface area contributed by atoms with Crippen molar-refractivity contribution in [1.82, 2.24) is 16.0 Å². The van der Waals surface area contributed by atoms with Crippen molar-refractivity contribution >= 4 is 17.6 Å². The fraction of sp³-hybridized carbons (Fsp3) is 0.364. The smallest absolute Gasteiger partial charge is 0.251 e. The van der Waals surface area contributed by atoms with Gasteiger partial charge in [-0.05, 0) is 42.7 Å². The zero-order valence-electron chi connectivity index (χ0n) is 17.3. The molecule has 2 aromatic rings. The van der Waals surface area contributed by atoms with Gasteiger partial charge < -0.3 is 20.9 Å². The van der Waals surface area contributed by atoms with Crippen molar-refractivity contribution < 1.29 is 9.18 Å². The lowest BCUT2D eigenvalue weighted by atomic mass is 10.1. The normalized spacial score (nSPS) is 11.1. The predicted octanol–water partition coefficient (Wildman–Crippen LogP) is 2.42. The van der Waals surface area contributed by atoms with Crippen LogP contribution >= 0.6 is 0 Å². The second-order valence-corrected chi connectivity index (χ2v) is 6.68. The van der Waals surface area contributed by atoms with E-state index in [2.05, 4.69) is 20.9 Å². The summed E-state index contributed by atoms with van der Waals surface area (Å²) in [7, 11) is 5.24. The summed E-state index contributed by atoms with van der Waals surface area (Å²) >= 11 is 0. The molecule has 0 unspecified atom stereocenters. The van der Waals surface area contributed by atoms with Crippen LogP contribution in [-0.2, 0) is 6.42 Å². The third-order valence-electron chi connectivity index (χ3n) is 4.57. The molecule has 0 saturated heterocycles. The first-order chi connectivity index (χ1) is 14.0. The number of hydrogen-bond donors (Lipinski definition) is 3. The van der Waals surface area contributed by atoms with Crippen molar-refractivity contribution in [3.05, 3.63) is 65.5 Å². The number of amides is 1. The van der Waals surface area contributed by atoms with Gasteiger partial charge in [0.1, 0.15) is 5.82 Å². The number of para-hydroxylation sites is 1. The first-order valence-electron chi connectivity index (χ1n) is 9.76. The van der Waals surface area contributed by atoms with E-state index in [0.717, 1.165) is 37.5 Å². The highest BCUT2D eigenvalue weighted by molar-refractivity contribution is 5.94. The van der Waals surface area contributed by atoms with Crippen molar-refractivity contribution in [3.63, 3.8) is 0 Å². The first kappa shape index (κ1) is 22.2. The lowest BCUT2D eigenvalue weighted by Crippen LogP contribution is -2.39. The number of carbonyl (C=O) groups is 1.